The molecule has 1 aromatic heterocycles. The van der Waals surface area contributed by atoms with Crippen molar-refractivity contribution in [3.05, 3.63) is 65.9 Å². The Hall–Kier alpha value is -3.85. The molecule has 9 nitrogen and oxygen atoms in total. The van der Waals surface area contributed by atoms with Gasteiger partial charge in [-0.15, -0.1) is 0 Å². The molecule has 0 bridgehead atoms. The third-order valence-electron chi connectivity index (χ3n) is 5.96. The van der Waals surface area contributed by atoms with Crippen LogP contribution < -0.4 is 25.6 Å². The molecule has 1 aliphatic heterocycles. The number of rotatable bonds is 9. The molecule has 1 atom stereocenters. The van der Waals surface area contributed by atoms with Crippen LogP contribution in [0, 0.1) is 0 Å². The number of carboxylic acid groups (broad SMARTS) is 1. The average Bonchev–Trinajstić information content (AvgIpc) is 3.29. The lowest BCUT2D eigenvalue weighted by molar-refractivity contribution is 0.201. The Morgan fingerprint density at radius 2 is 2.03 bits per heavy atom. The highest BCUT2D eigenvalue weighted by atomic mass is 16.5. The predicted molar refractivity (Wildman–Crippen MR) is 138 cm³/mol. The van der Waals surface area contributed by atoms with E-state index in [4.69, 9.17) is 15.5 Å². The molecule has 1 amide bonds. The van der Waals surface area contributed by atoms with Gasteiger partial charge in [0.2, 0.25) is 5.95 Å². The van der Waals surface area contributed by atoms with Crippen molar-refractivity contribution in [2.24, 2.45) is 5.73 Å². The molecular weight excluding hydrogens is 444 g/mol. The second kappa shape index (κ2) is 11.1. The lowest BCUT2D eigenvalue weighted by Gasteiger charge is -2.23. The molecule has 0 unspecified atom stereocenters. The van der Waals surface area contributed by atoms with E-state index in [0.717, 1.165) is 49.4 Å². The van der Waals surface area contributed by atoms with E-state index in [-0.39, 0.29) is 12.6 Å². The summed E-state index contributed by atoms with van der Waals surface area (Å²) in [6, 6.07) is 16.9. The molecule has 0 aliphatic carbocycles. The zero-order valence-electron chi connectivity index (χ0n) is 20.1. The molecule has 4 rings (SSSR count). The molecule has 0 spiro atoms. The molecule has 1 fully saturated rings. The minimum Gasteiger partial charge on any atom is -0.495 e. The van der Waals surface area contributed by atoms with Crippen molar-refractivity contribution in [1.29, 1.82) is 0 Å². The number of nitrogens with two attached hydrogens (primary N) is 1. The molecule has 3 aromatic rings. The van der Waals surface area contributed by atoms with Crippen molar-refractivity contribution in [1.82, 2.24) is 9.97 Å². The molecule has 4 N–H and O–H groups in total. The van der Waals surface area contributed by atoms with Gasteiger partial charge >= 0.3 is 6.09 Å². The largest absolute Gasteiger partial charge is 0.495 e. The van der Waals surface area contributed by atoms with Crippen LogP contribution in [0.15, 0.2) is 54.6 Å². The average molecular weight is 477 g/mol. The maximum atomic E-state index is 12.2. The summed E-state index contributed by atoms with van der Waals surface area (Å²) in [7, 11) is 1.53. The molecule has 2 heterocycles. The fourth-order valence-corrected chi connectivity index (χ4v) is 4.21. The Morgan fingerprint density at radius 3 is 2.69 bits per heavy atom. The number of hydrogen-bond donors (Lipinski definition) is 3. The minimum atomic E-state index is -1.07. The van der Waals surface area contributed by atoms with E-state index in [1.807, 2.05) is 42.5 Å². The quantitative estimate of drug-likeness (QED) is 0.416. The van der Waals surface area contributed by atoms with Gasteiger partial charge in [-0.05, 0) is 36.6 Å². The highest BCUT2D eigenvalue weighted by Crippen LogP contribution is 2.34. The highest BCUT2D eigenvalue weighted by molar-refractivity contribution is 5.89. The second-order valence-electron chi connectivity index (χ2n) is 8.65. The number of anilines is 4. The monoisotopic (exact) mass is 476 g/mol. The molecule has 184 valence electrons. The summed E-state index contributed by atoms with van der Waals surface area (Å²) in [5, 5.41) is 13.2. The van der Waals surface area contributed by atoms with E-state index in [2.05, 4.69) is 22.1 Å². The number of carbonyl (C=O) groups is 1. The van der Waals surface area contributed by atoms with Crippen LogP contribution in [-0.4, -0.2) is 47.4 Å². The van der Waals surface area contributed by atoms with Crippen LogP contribution in [-0.2, 0) is 13.0 Å². The smallest absolute Gasteiger partial charge is 0.412 e. The summed E-state index contributed by atoms with van der Waals surface area (Å²) in [6.45, 7) is 3.94. The van der Waals surface area contributed by atoms with E-state index in [9.17, 15) is 9.90 Å². The van der Waals surface area contributed by atoms with Crippen LogP contribution in [0.25, 0.3) is 0 Å². The summed E-state index contributed by atoms with van der Waals surface area (Å²) in [5.74, 6) is 1.78. The zero-order valence-corrected chi connectivity index (χ0v) is 20.1. The van der Waals surface area contributed by atoms with Gasteiger partial charge < -0.3 is 25.8 Å². The number of ether oxygens (including phenoxy) is 1. The van der Waals surface area contributed by atoms with Gasteiger partial charge in [-0.3, -0.25) is 4.90 Å². The van der Waals surface area contributed by atoms with Crippen LogP contribution in [0.3, 0.4) is 0 Å². The van der Waals surface area contributed by atoms with E-state index in [1.165, 1.54) is 12.0 Å². The lowest BCUT2D eigenvalue weighted by Crippen LogP contribution is -2.29. The topological polar surface area (TPSA) is 117 Å². The van der Waals surface area contributed by atoms with E-state index in [0.29, 0.717) is 23.1 Å². The lowest BCUT2D eigenvalue weighted by atomic mass is 10.2. The van der Waals surface area contributed by atoms with Gasteiger partial charge in [-0.25, -0.2) is 9.78 Å². The van der Waals surface area contributed by atoms with Crippen molar-refractivity contribution < 1.29 is 14.6 Å². The number of aryl methyl sites for hydroxylation is 1. The first-order valence-corrected chi connectivity index (χ1v) is 11.8. The van der Waals surface area contributed by atoms with Crippen molar-refractivity contribution in [2.75, 3.05) is 35.3 Å². The molecular formula is C26H32N6O3. The second-order valence-corrected chi connectivity index (χ2v) is 8.65. The standard InChI is InChI=1S/C26H32N6O3/c1-3-7-20-15-24(31-13-12-19(27)17-31)30-25(28-20)29-21-10-11-23(35-2)22(14-21)32(26(33)34)16-18-8-5-4-6-9-18/h4-6,8-11,14-15,19H,3,7,12-13,16-17,27H2,1-2H3,(H,33,34)(H,28,29,30)/t19-/m0/s1. The molecule has 35 heavy (non-hydrogen) atoms. The highest BCUT2D eigenvalue weighted by Gasteiger charge is 2.22. The Bertz CT molecular complexity index is 1160. The molecule has 9 heteroatoms. The summed E-state index contributed by atoms with van der Waals surface area (Å²) in [5.41, 5.74) is 9.03. The first-order chi connectivity index (χ1) is 17.0. The van der Waals surface area contributed by atoms with Gasteiger partial charge in [0.05, 0.1) is 19.3 Å². The van der Waals surface area contributed by atoms with Gasteiger partial charge in [-0.2, -0.15) is 4.98 Å². The van der Waals surface area contributed by atoms with Crippen molar-refractivity contribution in [3.63, 3.8) is 0 Å². The number of benzene rings is 2. The summed E-state index contributed by atoms with van der Waals surface area (Å²) in [6.07, 6.45) is 1.67. The molecule has 1 saturated heterocycles. The first kappa shape index (κ1) is 24.3. The first-order valence-electron chi connectivity index (χ1n) is 11.8. The number of nitrogens with zero attached hydrogens (tertiary/aromatic N) is 4. The van der Waals surface area contributed by atoms with Crippen LogP contribution in [0.1, 0.15) is 31.0 Å². The fraction of sp³-hybridized carbons (Fsp3) is 0.346. The van der Waals surface area contributed by atoms with Crippen LogP contribution in [0.4, 0.5) is 27.9 Å². The normalized spacial score (nSPS) is 15.2. The maximum absolute atomic E-state index is 12.2. The number of methoxy groups -OCH3 is 1. The predicted octanol–water partition coefficient (Wildman–Crippen LogP) is 4.40. The van der Waals surface area contributed by atoms with Crippen molar-refractivity contribution in [2.45, 2.75) is 38.8 Å². The number of nitrogens with one attached hydrogen (secondary N) is 1. The summed E-state index contributed by atoms with van der Waals surface area (Å²) >= 11 is 0. The molecule has 0 radical (unpaired) electrons. The van der Waals surface area contributed by atoms with Gasteiger partial charge in [0, 0.05) is 36.6 Å². The third-order valence-corrected chi connectivity index (χ3v) is 5.96. The third kappa shape index (κ3) is 5.99. The van der Waals surface area contributed by atoms with Crippen LogP contribution in [0.5, 0.6) is 5.75 Å². The fourth-order valence-electron chi connectivity index (χ4n) is 4.21. The summed E-state index contributed by atoms with van der Waals surface area (Å²) < 4.78 is 5.48. The minimum absolute atomic E-state index is 0.145. The molecule has 2 aromatic carbocycles. The van der Waals surface area contributed by atoms with Gasteiger partial charge in [0.15, 0.2) is 0 Å². The van der Waals surface area contributed by atoms with Crippen molar-refractivity contribution >= 4 is 29.2 Å². The zero-order chi connectivity index (χ0) is 24.8. The summed E-state index contributed by atoms with van der Waals surface area (Å²) in [4.78, 5) is 25.1. The van der Waals surface area contributed by atoms with E-state index < -0.39 is 6.09 Å². The maximum Gasteiger partial charge on any atom is 0.412 e. The van der Waals surface area contributed by atoms with Crippen molar-refractivity contribution in [3.8, 4) is 5.75 Å². The Balaban J connectivity index is 1.65. The van der Waals surface area contributed by atoms with Gasteiger partial charge in [0.25, 0.3) is 0 Å². The van der Waals surface area contributed by atoms with Gasteiger partial charge in [0.1, 0.15) is 11.6 Å². The van der Waals surface area contributed by atoms with E-state index >= 15 is 0 Å². The van der Waals surface area contributed by atoms with Crippen LogP contribution in [0.2, 0.25) is 0 Å². The van der Waals surface area contributed by atoms with Crippen LogP contribution >= 0.6 is 0 Å². The SMILES string of the molecule is CCCc1cc(N2CC[C@H](N)C2)nc(Nc2ccc(OC)c(N(Cc3ccccc3)C(=O)O)c2)n1. The Kier molecular flexibility index (Phi) is 7.67. The number of hydrogen-bond acceptors (Lipinski definition) is 7. The Labute approximate surface area is 205 Å². The Morgan fingerprint density at radius 1 is 1.23 bits per heavy atom. The molecule has 1 aliphatic rings. The number of aromatic nitrogens is 2. The van der Waals surface area contributed by atoms with Gasteiger partial charge in [-0.1, -0.05) is 43.7 Å². The number of amides is 1. The molecule has 0 saturated carbocycles. The van der Waals surface area contributed by atoms with E-state index in [1.54, 1.807) is 12.1 Å².